The fraction of sp³-hybridized carbons (Fsp3) is 0.160. The minimum atomic E-state index is 0.580. The summed E-state index contributed by atoms with van der Waals surface area (Å²) >= 11 is 0. The maximum atomic E-state index is 4.76. The number of benzene rings is 3. The van der Waals surface area contributed by atoms with Crippen molar-refractivity contribution in [2.45, 2.75) is 26.7 Å². The monoisotopic (exact) mass is 380 g/mol. The number of aromatic nitrogens is 3. The molecule has 0 unspecified atom stereocenters. The fourth-order valence-electron chi connectivity index (χ4n) is 3.34. The van der Waals surface area contributed by atoms with E-state index in [-0.39, 0.29) is 0 Å². The van der Waals surface area contributed by atoms with Gasteiger partial charge in [0.25, 0.3) is 0 Å². The molecule has 0 aliphatic rings. The van der Waals surface area contributed by atoms with E-state index in [1.54, 1.807) is 0 Å². The van der Waals surface area contributed by atoms with Gasteiger partial charge in [0, 0.05) is 18.5 Å². The largest absolute Gasteiger partial charge is 0.324 e. The van der Waals surface area contributed by atoms with Crippen LogP contribution in [0.4, 0.5) is 11.6 Å². The van der Waals surface area contributed by atoms with E-state index in [9.17, 15) is 0 Å². The van der Waals surface area contributed by atoms with Crippen LogP contribution in [0, 0.1) is 13.8 Å². The first-order valence-corrected chi connectivity index (χ1v) is 9.81. The van der Waals surface area contributed by atoms with Gasteiger partial charge in [0.05, 0.1) is 0 Å². The molecule has 144 valence electrons. The van der Waals surface area contributed by atoms with Crippen LogP contribution in [-0.2, 0) is 12.8 Å². The Bertz CT molecular complexity index is 1040. The minimum Gasteiger partial charge on any atom is -0.324 e. The van der Waals surface area contributed by atoms with E-state index in [0.29, 0.717) is 18.8 Å². The van der Waals surface area contributed by atoms with E-state index in [4.69, 9.17) is 4.98 Å². The van der Waals surface area contributed by atoms with Crippen LogP contribution in [-0.4, -0.2) is 15.0 Å². The molecule has 0 spiro atoms. The van der Waals surface area contributed by atoms with E-state index in [2.05, 4.69) is 77.7 Å². The Kier molecular flexibility index (Phi) is 5.61. The van der Waals surface area contributed by atoms with Gasteiger partial charge in [-0.3, -0.25) is 0 Å². The Balaban J connectivity index is 1.66. The topological polar surface area (TPSA) is 50.7 Å². The van der Waals surface area contributed by atoms with Crippen molar-refractivity contribution in [2.75, 3.05) is 5.32 Å². The summed E-state index contributed by atoms with van der Waals surface area (Å²) in [5, 5.41) is 3.32. The number of hydrogen-bond donors (Lipinski definition) is 1. The molecule has 4 nitrogen and oxygen atoms in total. The fourth-order valence-corrected chi connectivity index (χ4v) is 3.34. The quantitative estimate of drug-likeness (QED) is 0.486. The van der Waals surface area contributed by atoms with E-state index in [1.165, 1.54) is 22.3 Å². The summed E-state index contributed by atoms with van der Waals surface area (Å²) in [5.74, 6) is 2.12. The maximum absolute atomic E-state index is 4.76. The highest BCUT2D eigenvalue weighted by Gasteiger charge is 2.09. The first-order valence-electron chi connectivity index (χ1n) is 9.81. The third-order valence-corrected chi connectivity index (χ3v) is 4.65. The Labute approximate surface area is 171 Å². The van der Waals surface area contributed by atoms with Crippen molar-refractivity contribution in [3.05, 3.63) is 113 Å². The third kappa shape index (κ3) is 5.26. The molecule has 0 aliphatic carbocycles. The van der Waals surface area contributed by atoms with Crippen LogP contribution in [0.25, 0.3) is 0 Å². The predicted molar refractivity (Wildman–Crippen MR) is 118 cm³/mol. The highest BCUT2D eigenvalue weighted by atomic mass is 15.2. The zero-order valence-electron chi connectivity index (χ0n) is 16.8. The van der Waals surface area contributed by atoms with Crippen LogP contribution in [0.1, 0.15) is 33.9 Å². The molecule has 4 heteroatoms. The molecule has 0 bridgehead atoms. The van der Waals surface area contributed by atoms with Crippen LogP contribution in [0.3, 0.4) is 0 Å². The van der Waals surface area contributed by atoms with Gasteiger partial charge in [0.15, 0.2) is 0 Å². The molecule has 0 fully saturated rings. The van der Waals surface area contributed by atoms with Crippen LogP contribution >= 0.6 is 0 Å². The lowest BCUT2D eigenvalue weighted by molar-refractivity contribution is 0.855. The normalized spacial score (nSPS) is 10.7. The molecule has 4 aromatic rings. The molecule has 0 amide bonds. The average Bonchev–Trinajstić information content (AvgIpc) is 2.69. The molecule has 0 saturated heterocycles. The SMILES string of the molecule is Cc1cccc(Cc2nc(Cc3cccc(C)c3)nc(Nc3ccccc3)n2)c1. The Morgan fingerprint density at radius 2 is 1.17 bits per heavy atom. The lowest BCUT2D eigenvalue weighted by Crippen LogP contribution is -2.09. The van der Waals surface area contributed by atoms with Crippen molar-refractivity contribution in [3.8, 4) is 0 Å². The Hall–Kier alpha value is -3.53. The zero-order chi connectivity index (χ0) is 20.1. The molecule has 1 heterocycles. The highest BCUT2D eigenvalue weighted by molar-refractivity contribution is 5.52. The minimum absolute atomic E-state index is 0.580. The molecule has 0 saturated carbocycles. The van der Waals surface area contributed by atoms with Gasteiger partial charge in [-0.25, -0.2) is 4.98 Å². The van der Waals surface area contributed by atoms with Crippen LogP contribution in [0.2, 0.25) is 0 Å². The van der Waals surface area contributed by atoms with E-state index < -0.39 is 0 Å². The van der Waals surface area contributed by atoms with Gasteiger partial charge in [-0.15, -0.1) is 0 Å². The molecule has 1 N–H and O–H groups in total. The van der Waals surface area contributed by atoms with Crippen molar-refractivity contribution >= 4 is 11.6 Å². The van der Waals surface area contributed by atoms with Crippen LogP contribution in [0.5, 0.6) is 0 Å². The summed E-state index contributed by atoms with van der Waals surface area (Å²) in [6.07, 6.45) is 1.35. The van der Waals surface area contributed by atoms with Gasteiger partial charge >= 0.3 is 0 Å². The van der Waals surface area contributed by atoms with Gasteiger partial charge < -0.3 is 5.32 Å². The molecular weight excluding hydrogens is 356 g/mol. The van der Waals surface area contributed by atoms with Gasteiger partial charge in [-0.05, 0) is 37.1 Å². The zero-order valence-corrected chi connectivity index (χ0v) is 16.8. The van der Waals surface area contributed by atoms with Crippen molar-refractivity contribution in [2.24, 2.45) is 0 Å². The van der Waals surface area contributed by atoms with Gasteiger partial charge in [0.1, 0.15) is 11.6 Å². The van der Waals surface area contributed by atoms with Crippen LogP contribution in [0.15, 0.2) is 78.9 Å². The summed E-state index contributed by atoms with van der Waals surface area (Å²) in [4.78, 5) is 14.1. The summed E-state index contributed by atoms with van der Waals surface area (Å²) in [7, 11) is 0. The van der Waals surface area contributed by atoms with Gasteiger partial charge in [-0.1, -0.05) is 77.9 Å². The molecule has 0 radical (unpaired) electrons. The Morgan fingerprint density at radius 1 is 0.621 bits per heavy atom. The first-order chi connectivity index (χ1) is 14.1. The van der Waals surface area contributed by atoms with Crippen molar-refractivity contribution < 1.29 is 0 Å². The second-order valence-electron chi connectivity index (χ2n) is 7.31. The van der Waals surface area contributed by atoms with E-state index in [1.807, 2.05) is 30.3 Å². The van der Waals surface area contributed by atoms with Crippen molar-refractivity contribution in [1.82, 2.24) is 15.0 Å². The molecular formula is C25H24N4. The summed E-state index contributed by atoms with van der Waals surface area (Å²) < 4.78 is 0. The summed E-state index contributed by atoms with van der Waals surface area (Å²) in [6.45, 7) is 4.20. The predicted octanol–water partition coefficient (Wildman–Crippen LogP) is 5.41. The number of para-hydroxylation sites is 1. The van der Waals surface area contributed by atoms with Crippen LogP contribution < -0.4 is 5.32 Å². The molecule has 3 aromatic carbocycles. The van der Waals surface area contributed by atoms with E-state index in [0.717, 1.165) is 17.3 Å². The number of nitrogens with zero attached hydrogens (tertiary/aromatic N) is 3. The first kappa shape index (κ1) is 18.8. The van der Waals surface area contributed by atoms with Crippen molar-refractivity contribution in [3.63, 3.8) is 0 Å². The lowest BCUT2D eigenvalue weighted by Gasteiger charge is -2.10. The number of anilines is 2. The summed E-state index contributed by atoms with van der Waals surface area (Å²) in [6, 6.07) is 26.9. The molecule has 4 rings (SSSR count). The average molecular weight is 380 g/mol. The number of nitrogens with one attached hydrogen (secondary N) is 1. The molecule has 29 heavy (non-hydrogen) atoms. The lowest BCUT2D eigenvalue weighted by atomic mass is 10.1. The maximum Gasteiger partial charge on any atom is 0.230 e. The van der Waals surface area contributed by atoms with Crippen molar-refractivity contribution in [1.29, 1.82) is 0 Å². The number of aryl methyl sites for hydroxylation is 2. The second-order valence-corrected chi connectivity index (χ2v) is 7.31. The number of rotatable bonds is 6. The Morgan fingerprint density at radius 3 is 1.69 bits per heavy atom. The molecule has 1 aromatic heterocycles. The number of hydrogen-bond acceptors (Lipinski definition) is 4. The van der Waals surface area contributed by atoms with E-state index >= 15 is 0 Å². The molecule has 0 aliphatic heterocycles. The van der Waals surface area contributed by atoms with Gasteiger partial charge in [0.2, 0.25) is 5.95 Å². The molecule has 0 atom stereocenters. The third-order valence-electron chi connectivity index (χ3n) is 4.65. The highest BCUT2D eigenvalue weighted by Crippen LogP contribution is 2.16. The van der Waals surface area contributed by atoms with Gasteiger partial charge in [-0.2, -0.15) is 9.97 Å². The summed E-state index contributed by atoms with van der Waals surface area (Å²) in [5.41, 5.74) is 5.83. The smallest absolute Gasteiger partial charge is 0.230 e. The second kappa shape index (κ2) is 8.65. The standard InChI is InChI=1S/C25H24N4/c1-18-8-6-10-20(14-18)16-23-27-24(17-21-11-7-9-19(2)15-21)29-25(28-23)26-22-12-4-3-5-13-22/h3-15H,16-17H2,1-2H3,(H,26,27,28,29).